The predicted octanol–water partition coefficient (Wildman–Crippen LogP) is 3.27. The number of hydrogen-bond donors (Lipinski definition) is 1. The molecule has 1 N–H and O–H groups in total. The van der Waals surface area contributed by atoms with Gasteiger partial charge in [-0.2, -0.15) is 0 Å². The van der Waals surface area contributed by atoms with E-state index in [1.54, 1.807) is 24.3 Å². The maximum absolute atomic E-state index is 12.5. The number of halogens is 1. The number of carbonyl (C=O) groups is 1. The van der Waals surface area contributed by atoms with Gasteiger partial charge in [0.05, 0.1) is 27.3 Å². The van der Waals surface area contributed by atoms with Crippen LogP contribution in [0.2, 0.25) is 5.02 Å². The highest BCUT2D eigenvalue weighted by Gasteiger charge is 2.26. The van der Waals surface area contributed by atoms with Crippen molar-refractivity contribution in [2.75, 3.05) is 18.5 Å². The van der Waals surface area contributed by atoms with Crippen molar-refractivity contribution >= 4 is 28.9 Å². The quantitative estimate of drug-likeness (QED) is 0.687. The summed E-state index contributed by atoms with van der Waals surface area (Å²) in [5.74, 6) is -0.204. The van der Waals surface area contributed by atoms with Gasteiger partial charge in [0.15, 0.2) is 11.5 Å². The molecule has 1 aliphatic rings. The summed E-state index contributed by atoms with van der Waals surface area (Å²) in [5.41, 5.74) is 0.170. The Labute approximate surface area is 135 Å². The fourth-order valence-corrected chi connectivity index (χ4v) is 2.35. The van der Waals surface area contributed by atoms with Crippen LogP contribution in [0.3, 0.4) is 0 Å². The van der Waals surface area contributed by atoms with Gasteiger partial charge in [-0.3, -0.25) is 14.9 Å². The second-order valence-electron chi connectivity index (χ2n) is 4.71. The number of nitrogens with one attached hydrogen (secondary N) is 1. The van der Waals surface area contributed by atoms with Crippen LogP contribution in [-0.4, -0.2) is 24.0 Å². The molecule has 0 bridgehead atoms. The zero-order valence-electron chi connectivity index (χ0n) is 11.7. The van der Waals surface area contributed by atoms with Crippen molar-refractivity contribution < 1.29 is 19.2 Å². The van der Waals surface area contributed by atoms with Gasteiger partial charge in [0, 0.05) is 6.07 Å². The van der Waals surface area contributed by atoms with Crippen LogP contribution in [0.1, 0.15) is 10.4 Å². The van der Waals surface area contributed by atoms with E-state index in [0.717, 1.165) is 6.07 Å². The number of non-ortho nitro benzene ring substituents is 1. The fraction of sp³-hybridized carbons (Fsp3) is 0.133. The van der Waals surface area contributed by atoms with Crippen LogP contribution in [0, 0.1) is 10.1 Å². The predicted molar refractivity (Wildman–Crippen MR) is 83.5 cm³/mol. The molecule has 0 unspecified atom stereocenters. The summed E-state index contributed by atoms with van der Waals surface area (Å²) in [5, 5.41) is 14.0. The fourth-order valence-electron chi connectivity index (χ4n) is 2.17. The number of anilines is 1. The summed E-state index contributed by atoms with van der Waals surface area (Å²) >= 11 is 6.00. The maximum atomic E-state index is 12.5. The molecule has 0 radical (unpaired) electrons. The third kappa shape index (κ3) is 3.04. The van der Waals surface area contributed by atoms with Crippen molar-refractivity contribution in [1.82, 2.24) is 0 Å². The molecule has 23 heavy (non-hydrogen) atoms. The highest BCUT2D eigenvalue weighted by molar-refractivity contribution is 6.34. The second kappa shape index (κ2) is 6.13. The van der Waals surface area contributed by atoms with Crippen LogP contribution in [0.5, 0.6) is 11.5 Å². The van der Waals surface area contributed by atoms with Crippen LogP contribution in [0.25, 0.3) is 0 Å². The van der Waals surface area contributed by atoms with Gasteiger partial charge in [-0.05, 0) is 12.1 Å². The lowest BCUT2D eigenvalue weighted by atomic mass is 10.1. The zero-order chi connectivity index (χ0) is 16.4. The van der Waals surface area contributed by atoms with Crippen molar-refractivity contribution in [2.24, 2.45) is 0 Å². The SMILES string of the molecule is O=C(Nc1ccccc1Cl)c1cc([N+](=O)[O-])cc2c1OCCO2. The summed E-state index contributed by atoms with van der Waals surface area (Å²) in [4.78, 5) is 22.9. The van der Waals surface area contributed by atoms with Crippen LogP contribution in [0.15, 0.2) is 36.4 Å². The van der Waals surface area contributed by atoms with E-state index < -0.39 is 10.8 Å². The number of carbonyl (C=O) groups excluding carboxylic acids is 1. The molecule has 0 aliphatic carbocycles. The molecule has 0 aromatic heterocycles. The van der Waals surface area contributed by atoms with E-state index in [-0.39, 0.29) is 36.0 Å². The van der Waals surface area contributed by atoms with Crippen molar-refractivity contribution in [3.63, 3.8) is 0 Å². The largest absolute Gasteiger partial charge is 0.486 e. The van der Waals surface area contributed by atoms with Crippen molar-refractivity contribution in [2.45, 2.75) is 0 Å². The van der Waals surface area contributed by atoms with E-state index in [4.69, 9.17) is 21.1 Å². The molecule has 3 rings (SSSR count). The van der Waals surface area contributed by atoms with Crippen molar-refractivity contribution in [3.05, 3.63) is 57.1 Å². The molecule has 2 aromatic carbocycles. The van der Waals surface area contributed by atoms with Crippen LogP contribution >= 0.6 is 11.6 Å². The number of nitro benzene ring substituents is 1. The molecule has 1 aliphatic heterocycles. The van der Waals surface area contributed by atoms with Gasteiger partial charge in [0.2, 0.25) is 0 Å². The van der Waals surface area contributed by atoms with Crippen LogP contribution in [-0.2, 0) is 0 Å². The Balaban J connectivity index is 2.00. The standard InChI is InChI=1S/C15H11ClN2O5/c16-11-3-1-2-4-12(11)17-15(19)10-7-9(18(20)21)8-13-14(10)23-6-5-22-13/h1-4,7-8H,5-6H2,(H,17,19). The molecule has 0 saturated carbocycles. The van der Waals surface area contributed by atoms with Gasteiger partial charge in [-0.15, -0.1) is 0 Å². The number of amides is 1. The third-order valence-corrected chi connectivity index (χ3v) is 3.53. The summed E-state index contributed by atoms with van der Waals surface area (Å²) < 4.78 is 10.8. The minimum absolute atomic E-state index is 0.0221. The molecule has 118 valence electrons. The molecular weight excluding hydrogens is 324 g/mol. The lowest BCUT2D eigenvalue weighted by molar-refractivity contribution is -0.385. The first-order valence-electron chi connectivity index (χ1n) is 6.70. The first kappa shape index (κ1) is 15.1. The number of hydrogen-bond acceptors (Lipinski definition) is 5. The topological polar surface area (TPSA) is 90.7 Å². The van der Waals surface area contributed by atoms with E-state index in [1.807, 2.05) is 0 Å². The summed E-state index contributed by atoms with van der Waals surface area (Å²) in [7, 11) is 0. The van der Waals surface area contributed by atoms with E-state index in [9.17, 15) is 14.9 Å². The number of fused-ring (bicyclic) bond motifs is 1. The highest BCUT2D eigenvalue weighted by Crippen LogP contribution is 2.38. The minimum Gasteiger partial charge on any atom is -0.486 e. The molecule has 7 nitrogen and oxygen atoms in total. The zero-order valence-corrected chi connectivity index (χ0v) is 12.5. The van der Waals surface area contributed by atoms with E-state index >= 15 is 0 Å². The minimum atomic E-state index is -0.593. The lowest BCUT2D eigenvalue weighted by Crippen LogP contribution is -2.20. The number of ether oxygens (including phenoxy) is 2. The molecule has 0 saturated heterocycles. The lowest BCUT2D eigenvalue weighted by Gasteiger charge is -2.20. The highest BCUT2D eigenvalue weighted by atomic mass is 35.5. The molecule has 0 fully saturated rings. The Kier molecular flexibility index (Phi) is 4.03. The van der Waals surface area contributed by atoms with E-state index in [0.29, 0.717) is 10.7 Å². The third-order valence-electron chi connectivity index (χ3n) is 3.20. The smallest absolute Gasteiger partial charge is 0.274 e. The Morgan fingerprint density at radius 3 is 2.70 bits per heavy atom. The number of para-hydroxylation sites is 1. The molecule has 2 aromatic rings. The Bertz CT molecular complexity index is 793. The number of benzene rings is 2. The van der Waals surface area contributed by atoms with E-state index in [1.165, 1.54) is 6.07 Å². The second-order valence-corrected chi connectivity index (χ2v) is 5.12. The van der Waals surface area contributed by atoms with Gasteiger partial charge in [0.1, 0.15) is 13.2 Å². The Morgan fingerprint density at radius 1 is 1.22 bits per heavy atom. The average molecular weight is 335 g/mol. The molecule has 8 heteroatoms. The van der Waals surface area contributed by atoms with Gasteiger partial charge in [0.25, 0.3) is 11.6 Å². The van der Waals surface area contributed by atoms with Gasteiger partial charge in [-0.1, -0.05) is 23.7 Å². The van der Waals surface area contributed by atoms with E-state index in [2.05, 4.69) is 5.32 Å². The van der Waals surface area contributed by atoms with Gasteiger partial charge in [-0.25, -0.2) is 0 Å². The number of rotatable bonds is 3. The van der Waals surface area contributed by atoms with Crippen LogP contribution in [0.4, 0.5) is 11.4 Å². The van der Waals surface area contributed by atoms with Crippen molar-refractivity contribution in [3.8, 4) is 11.5 Å². The number of nitro groups is 1. The molecule has 0 spiro atoms. The average Bonchev–Trinajstić information content (AvgIpc) is 2.55. The molecular formula is C15H11ClN2O5. The molecule has 0 atom stereocenters. The molecule has 1 amide bonds. The summed E-state index contributed by atoms with van der Waals surface area (Å²) in [6, 6.07) is 9.08. The van der Waals surface area contributed by atoms with Gasteiger partial charge >= 0.3 is 0 Å². The number of nitrogens with zero attached hydrogens (tertiary/aromatic N) is 1. The Hall–Kier alpha value is -2.80. The Morgan fingerprint density at radius 2 is 1.96 bits per heavy atom. The molecule has 1 heterocycles. The monoisotopic (exact) mass is 334 g/mol. The van der Waals surface area contributed by atoms with Gasteiger partial charge < -0.3 is 14.8 Å². The van der Waals surface area contributed by atoms with Crippen LogP contribution < -0.4 is 14.8 Å². The maximum Gasteiger partial charge on any atom is 0.274 e. The normalized spacial score (nSPS) is 12.6. The van der Waals surface area contributed by atoms with Crippen molar-refractivity contribution in [1.29, 1.82) is 0 Å². The summed E-state index contributed by atoms with van der Waals surface area (Å²) in [6.45, 7) is 0.525. The first-order chi connectivity index (χ1) is 11.1. The first-order valence-corrected chi connectivity index (χ1v) is 7.08. The summed E-state index contributed by atoms with van der Waals surface area (Å²) in [6.07, 6.45) is 0.